The van der Waals surface area contributed by atoms with Gasteiger partial charge in [0.05, 0.1) is 47.9 Å². The van der Waals surface area contributed by atoms with Crippen LogP contribution in [0.1, 0.15) is 0 Å². The van der Waals surface area contributed by atoms with Gasteiger partial charge in [0.2, 0.25) is 0 Å². The van der Waals surface area contributed by atoms with Gasteiger partial charge in [-0.25, -0.2) is 13.7 Å². The Balaban J connectivity index is 1.76. The fraction of sp³-hybridized carbons (Fsp3) is 0.524. The third-order valence-corrected chi connectivity index (χ3v) is 8.08. The van der Waals surface area contributed by atoms with Gasteiger partial charge in [0.1, 0.15) is 6.73 Å². The summed E-state index contributed by atoms with van der Waals surface area (Å²) in [6.07, 6.45) is 0. The summed E-state index contributed by atoms with van der Waals surface area (Å²) in [6.45, 7) is -5.33. The van der Waals surface area contributed by atoms with Crippen molar-refractivity contribution in [3.63, 3.8) is 0 Å². The number of rotatable bonds is 19. The molecule has 0 bridgehead atoms. The molecule has 0 saturated heterocycles. The van der Waals surface area contributed by atoms with Crippen LogP contribution in [-0.4, -0.2) is 75.3 Å². The smallest absolute Gasteiger partial charge is 0.396 e. The second-order valence-corrected chi connectivity index (χ2v) is 12.0. The van der Waals surface area contributed by atoms with Gasteiger partial charge < -0.3 is 20.0 Å². The molecule has 0 aliphatic rings. The minimum atomic E-state index is -4.87. The minimum Gasteiger partial charge on any atom is -0.396 e. The summed E-state index contributed by atoms with van der Waals surface area (Å²) in [5, 5.41) is 17.0. The third-order valence-electron chi connectivity index (χ3n) is 6.17. The van der Waals surface area contributed by atoms with E-state index in [9.17, 15) is 47.1 Å². The standard InChI is InChI=1S/C21H28F2N4O14P2/c22-24-5-12(7-28)9-39-42(34,35)38-2-1-26-18(30)14-3-16-17(4-15(14)19(26)31)21(33)27(20(16)32)11-41-43(36,37)40-10-13(8-29)6-25-23/h3-4,12-13,24-25,28-29H,1-2,5-11H2,(H,34,35)(H,36,37). The lowest BCUT2D eigenvalue weighted by molar-refractivity contribution is 0.0840. The van der Waals surface area contributed by atoms with E-state index >= 15 is 0 Å². The lowest BCUT2D eigenvalue weighted by Crippen LogP contribution is -2.28. The van der Waals surface area contributed by atoms with Crippen LogP contribution in [0.15, 0.2) is 31.3 Å². The normalized spacial score (nSPS) is 16.4. The van der Waals surface area contributed by atoms with Crippen molar-refractivity contribution in [3.05, 3.63) is 53.5 Å². The van der Waals surface area contributed by atoms with Crippen molar-refractivity contribution < 1.29 is 56.2 Å². The largest absolute Gasteiger partial charge is 0.473 e. The van der Waals surface area contributed by atoms with Crippen LogP contribution in [-0.2, 0) is 40.5 Å². The predicted molar refractivity (Wildman–Crippen MR) is 143 cm³/mol. The Hall–Kier alpha value is -2.58. The van der Waals surface area contributed by atoms with Crippen molar-refractivity contribution in [2.24, 2.45) is 11.8 Å². The van der Waals surface area contributed by atoms with E-state index in [4.69, 9.17) is 14.7 Å². The lowest BCUT2D eigenvalue weighted by atomic mass is 10.1. The fourth-order valence-electron chi connectivity index (χ4n) is 3.82. The summed E-state index contributed by atoms with van der Waals surface area (Å²) in [7, 11) is -9.59. The summed E-state index contributed by atoms with van der Waals surface area (Å²) >= 11 is 0. The van der Waals surface area contributed by atoms with Gasteiger partial charge >= 0.3 is 15.6 Å². The molecular formula is C21H28F2N4O14P2. The van der Waals surface area contributed by atoms with E-state index in [-0.39, 0.29) is 28.1 Å². The quantitative estimate of drug-likeness (QED) is 0.0619. The second kappa shape index (κ2) is 14.9. The number of hydrogen-bond acceptors (Lipinski definition) is 14. The molecule has 43 heavy (non-hydrogen) atoms. The van der Waals surface area contributed by atoms with Crippen LogP contribution >= 0.6 is 15.6 Å². The van der Waals surface area contributed by atoms with Gasteiger partial charge in [0, 0.05) is 38.1 Å². The van der Waals surface area contributed by atoms with Crippen LogP contribution in [0.5, 0.6) is 0 Å². The molecule has 0 radical (unpaired) electrons. The minimum absolute atomic E-state index is 0.270. The number of benzene rings is 1. The fourth-order valence-corrected chi connectivity index (χ4v) is 5.34. The highest BCUT2D eigenvalue weighted by molar-refractivity contribution is 7.47. The second-order valence-electron chi connectivity index (χ2n) is 9.14. The van der Waals surface area contributed by atoms with Crippen LogP contribution < -0.4 is 33.3 Å². The van der Waals surface area contributed by atoms with Gasteiger partial charge in [0.15, 0.2) is 0 Å². The average molecular weight is 660 g/mol. The van der Waals surface area contributed by atoms with Crippen molar-refractivity contribution in [1.29, 1.82) is 0 Å². The zero-order chi connectivity index (χ0) is 31.9. The van der Waals surface area contributed by atoms with E-state index in [0.29, 0.717) is 9.13 Å². The van der Waals surface area contributed by atoms with E-state index in [2.05, 4.69) is 13.6 Å². The molecule has 0 amide bonds. The number of hydrogen-bond donors (Lipinski definition) is 6. The number of fused-ring (bicyclic) bond motifs is 2. The third kappa shape index (κ3) is 8.53. The Morgan fingerprint density at radius 2 is 1.09 bits per heavy atom. The number of halogens is 2. The molecule has 6 N–H and O–H groups in total. The van der Waals surface area contributed by atoms with Gasteiger partial charge in [-0.1, -0.05) is 0 Å². The van der Waals surface area contributed by atoms with Crippen LogP contribution in [0.2, 0.25) is 0 Å². The predicted octanol–water partition coefficient (Wildman–Crippen LogP) is -1.70. The maximum atomic E-state index is 12.9. The molecule has 240 valence electrons. The van der Waals surface area contributed by atoms with E-state index in [1.807, 2.05) is 0 Å². The number of aromatic nitrogens is 2. The average Bonchev–Trinajstić information content (AvgIpc) is 3.34. The Morgan fingerprint density at radius 1 is 0.698 bits per heavy atom. The first kappa shape index (κ1) is 34.9. The van der Waals surface area contributed by atoms with E-state index in [1.54, 1.807) is 0 Å². The van der Waals surface area contributed by atoms with Crippen molar-refractivity contribution in [3.8, 4) is 0 Å². The molecule has 0 saturated carbocycles. The van der Waals surface area contributed by atoms with Crippen LogP contribution in [0, 0.1) is 11.8 Å². The van der Waals surface area contributed by atoms with Crippen LogP contribution in [0.4, 0.5) is 8.96 Å². The van der Waals surface area contributed by atoms with E-state index < -0.39 is 103 Å². The number of aliphatic hydroxyl groups is 2. The molecule has 0 fully saturated rings. The topological polar surface area (TPSA) is 254 Å². The van der Waals surface area contributed by atoms with Gasteiger partial charge in [0.25, 0.3) is 22.2 Å². The summed E-state index contributed by atoms with van der Waals surface area (Å²) in [5.74, 6) is -1.77. The summed E-state index contributed by atoms with van der Waals surface area (Å²) in [4.78, 5) is 71.0. The molecule has 22 heteroatoms. The molecule has 4 unspecified atom stereocenters. The van der Waals surface area contributed by atoms with Gasteiger partial charge in [-0.2, -0.15) is 11.1 Å². The highest BCUT2D eigenvalue weighted by Gasteiger charge is 2.27. The molecule has 3 rings (SSSR count). The van der Waals surface area contributed by atoms with Crippen molar-refractivity contribution in [2.75, 3.05) is 46.1 Å². The molecule has 4 atom stereocenters. The van der Waals surface area contributed by atoms with Crippen molar-refractivity contribution in [1.82, 2.24) is 20.2 Å². The zero-order valence-corrected chi connectivity index (χ0v) is 23.9. The first-order chi connectivity index (χ1) is 20.3. The molecule has 0 spiro atoms. The van der Waals surface area contributed by atoms with Crippen LogP contribution in [0.25, 0.3) is 21.5 Å². The van der Waals surface area contributed by atoms with Gasteiger partial charge in [-0.3, -0.25) is 41.8 Å². The van der Waals surface area contributed by atoms with E-state index in [1.165, 1.54) is 11.1 Å². The summed E-state index contributed by atoms with van der Waals surface area (Å²) in [5.41, 5.74) is -1.35. The number of phosphoric ester groups is 2. The molecule has 1 aromatic carbocycles. The number of phosphoric acid groups is 2. The van der Waals surface area contributed by atoms with Crippen LogP contribution in [0.3, 0.4) is 0 Å². The molecule has 2 aromatic heterocycles. The number of nitrogens with zero attached hydrogens (tertiary/aromatic N) is 2. The highest BCUT2D eigenvalue weighted by atomic mass is 31.2. The maximum Gasteiger partial charge on any atom is 0.473 e. The highest BCUT2D eigenvalue weighted by Crippen LogP contribution is 2.44. The van der Waals surface area contributed by atoms with Gasteiger partial charge in [-0.15, -0.1) is 8.96 Å². The van der Waals surface area contributed by atoms with Crippen molar-refractivity contribution in [2.45, 2.75) is 13.3 Å². The lowest BCUT2D eigenvalue weighted by Gasteiger charge is -2.16. The maximum absolute atomic E-state index is 12.9. The number of nitrogens with one attached hydrogen (secondary N) is 2. The molecule has 0 aliphatic heterocycles. The van der Waals surface area contributed by atoms with Crippen molar-refractivity contribution >= 4 is 37.2 Å². The molecule has 2 heterocycles. The Kier molecular flexibility index (Phi) is 12.1. The monoisotopic (exact) mass is 660 g/mol. The molecule has 0 aliphatic carbocycles. The Bertz CT molecular complexity index is 1640. The van der Waals surface area contributed by atoms with Gasteiger partial charge in [-0.05, 0) is 12.1 Å². The Morgan fingerprint density at radius 3 is 1.49 bits per heavy atom. The first-order valence-corrected chi connectivity index (χ1v) is 15.3. The summed E-state index contributed by atoms with van der Waals surface area (Å²) in [6, 6.07) is 1.95. The Labute approximate surface area is 238 Å². The molecule has 18 nitrogen and oxygen atoms in total. The summed E-state index contributed by atoms with van der Waals surface area (Å²) < 4.78 is 68.3. The zero-order valence-electron chi connectivity index (χ0n) is 22.1. The molecular weight excluding hydrogens is 632 g/mol. The SMILES string of the molecule is O=c1c2cc3c(=O)n(COP(=O)(O)OCC(CO)CNF)c(=O)c3cc2c(=O)n1CCOP(=O)(O)OCC(CO)CNF. The van der Waals surface area contributed by atoms with E-state index in [0.717, 1.165) is 12.1 Å². The number of aliphatic hydroxyl groups excluding tert-OH is 2. The molecule has 3 aromatic rings. The first-order valence-electron chi connectivity index (χ1n) is 12.3.